The summed E-state index contributed by atoms with van der Waals surface area (Å²) in [6.45, 7) is 14.2. The van der Waals surface area contributed by atoms with Gasteiger partial charge in [0.25, 0.3) is 0 Å². The van der Waals surface area contributed by atoms with E-state index in [9.17, 15) is 14.7 Å². The topological polar surface area (TPSA) is 99.5 Å². The zero-order valence-electron chi connectivity index (χ0n) is 23.6. The van der Waals surface area contributed by atoms with Crippen LogP contribution in [0.25, 0.3) is 0 Å². The molecule has 0 aromatic heterocycles. The summed E-state index contributed by atoms with van der Waals surface area (Å²) < 4.78 is 10.7. The number of aliphatic hydroxyl groups is 2. The molecule has 3 rings (SSSR count). The van der Waals surface area contributed by atoms with Crippen LogP contribution in [0.5, 0.6) is 0 Å². The number of hydrogen-bond acceptors (Lipinski definition) is 6. The standard InChI is InChI=1S/C18H27NO3.C11H21NO3/c1-18(2,3)22-17(21)19-11-9-15(10-12-19)16(20)13-14-7-5-4-6-8-14;1-11(2,3)15-10(14)12-6-4-9(8-13)5-7-12/h4-8,15-16,20H,9-13H2,1-3H3;9,13H,4-8H2,1-3H3. The van der Waals surface area contributed by atoms with Crippen LogP contribution in [0.1, 0.15) is 72.8 Å². The number of amides is 2. The van der Waals surface area contributed by atoms with Crippen LogP contribution in [0.3, 0.4) is 0 Å². The number of nitrogens with zero attached hydrogens (tertiary/aromatic N) is 2. The molecule has 2 amide bonds. The van der Waals surface area contributed by atoms with Crippen molar-refractivity contribution < 1.29 is 29.3 Å². The molecular formula is C29H48N2O6. The Bertz CT molecular complexity index is 817. The van der Waals surface area contributed by atoms with Crippen molar-refractivity contribution in [3.8, 4) is 0 Å². The Labute approximate surface area is 222 Å². The molecule has 2 fully saturated rings. The van der Waals surface area contributed by atoms with Gasteiger partial charge < -0.3 is 29.5 Å². The number of carbonyl (C=O) groups excluding carboxylic acids is 2. The first-order valence-electron chi connectivity index (χ1n) is 13.6. The van der Waals surface area contributed by atoms with Crippen LogP contribution in [0.4, 0.5) is 9.59 Å². The first-order valence-corrected chi connectivity index (χ1v) is 13.6. The van der Waals surface area contributed by atoms with E-state index in [4.69, 9.17) is 14.6 Å². The summed E-state index contributed by atoms with van der Waals surface area (Å²) in [5.74, 6) is 0.600. The van der Waals surface area contributed by atoms with Crippen LogP contribution in [0, 0.1) is 11.8 Å². The van der Waals surface area contributed by atoms with Crippen LogP contribution in [-0.4, -0.2) is 82.3 Å². The first kappa shape index (κ1) is 30.9. The Balaban J connectivity index is 0.000000281. The highest BCUT2D eigenvalue weighted by atomic mass is 16.6. The SMILES string of the molecule is CC(C)(C)OC(=O)N1CCC(C(O)Cc2ccccc2)CC1.CC(C)(C)OC(=O)N1CCC(CO)CC1. The highest BCUT2D eigenvalue weighted by Crippen LogP contribution is 2.24. The van der Waals surface area contributed by atoms with Crippen LogP contribution in [0.15, 0.2) is 30.3 Å². The Morgan fingerprint density at radius 2 is 1.27 bits per heavy atom. The molecular weight excluding hydrogens is 472 g/mol. The number of likely N-dealkylation sites (tertiary alicyclic amines) is 2. The predicted octanol–water partition coefficient (Wildman–Crippen LogP) is 4.86. The summed E-state index contributed by atoms with van der Waals surface area (Å²) >= 11 is 0. The van der Waals surface area contributed by atoms with E-state index in [1.807, 2.05) is 71.9 Å². The fourth-order valence-electron chi connectivity index (χ4n) is 4.44. The zero-order chi connectivity index (χ0) is 27.6. The minimum Gasteiger partial charge on any atom is -0.444 e. The van der Waals surface area contributed by atoms with E-state index in [1.165, 1.54) is 0 Å². The van der Waals surface area contributed by atoms with Gasteiger partial charge in [0, 0.05) is 32.8 Å². The summed E-state index contributed by atoms with van der Waals surface area (Å²) in [6.07, 6.45) is 3.25. The molecule has 2 aliphatic heterocycles. The molecule has 2 heterocycles. The lowest BCUT2D eigenvalue weighted by atomic mass is 9.88. The summed E-state index contributed by atoms with van der Waals surface area (Å²) in [5.41, 5.74) is 0.274. The molecule has 0 aliphatic carbocycles. The predicted molar refractivity (Wildman–Crippen MR) is 144 cm³/mol. The van der Waals surface area contributed by atoms with E-state index < -0.39 is 11.2 Å². The monoisotopic (exact) mass is 520 g/mol. The van der Waals surface area contributed by atoms with Crippen LogP contribution in [-0.2, 0) is 15.9 Å². The maximum Gasteiger partial charge on any atom is 0.410 e. The van der Waals surface area contributed by atoms with Gasteiger partial charge in [-0.05, 0) is 91.0 Å². The summed E-state index contributed by atoms with van der Waals surface area (Å²) in [5, 5.41) is 19.4. The minimum atomic E-state index is -0.458. The maximum atomic E-state index is 12.0. The molecule has 8 heteroatoms. The van der Waals surface area contributed by atoms with Gasteiger partial charge in [0.15, 0.2) is 0 Å². The molecule has 37 heavy (non-hydrogen) atoms. The number of benzene rings is 1. The summed E-state index contributed by atoms with van der Waals surface area (Å²) in [7, 11) is 0. The van der Waals surface area contributed by atoms with Crippen molar-refractivity contribution in [2.75, 3.05) is 32.8 Å². The molecule has 1 unspecified atom stereocenters. The number of aliphatic hydroxyl groups excluding tert-OH is 2. The molecule has 8 nitrogen and oxygen atoms in total. The van der Waals surface area contributed by atoms with Gasteiger partial charge in [-0.15, -0.1) is 0 Å². The first-order chi connectivity index (χ1) is 17.3. The summed E-state index contributed by atoms with van der Waals surface area (Å²) in [6, 6.07) is 10.0. The van der Waals surface area contributed by atoms with Crippen LogP contribution < -0.4 is 0 Å². The van der Waals surface area contributed by atoms with Crippen molar-refractivity contribution in [1.29, 1.82) is 0 Å². The van der Waals surface area contributed by atoms with Crippen molar-refractivity contribution in [2.24, 2.45) is 11.8 Å². The van der Waals surface area contributed by atoms with E-state index in [0.717, 1.165) is 31.2 Å². The molecule has 0 radical (unpaired) electrons. The van der Waals surface area contributed by atoms with Crippen LogP contribution in [0.2, 0.25) is 0 Å². The second-order valence-electron chi connectivity index (χ2n) is 12.2. The lowest BCUT2D eigenvalue weighted by Gasteiger charge is -2.35. The highest BCUT2D eigenvalue weighted by molar-refractivity contribution is 5.68. The maximum absolute atomic E-state index is 12.0. The quantitative estimate of drug-likeness (QED) is 0.588. The highest BCUT2D eigenvalue weighted by Gasteiger charge is 2.30. The molecule has 2 N–H and O–H groups in total. The lowest BCUT2D eigenvalue weighted by Crippen LogP contribution is -2.43. The fraction of sp³-hybridized carbons (Fsp3) is 0.724. The van der Waals surface area contributed by atoms with Gasteiger partial charge in [0.05, 0.1) is 6.10 Å². The van der Waals surface area contributed by atoms with Gasteiger partial charge in [-0.2, -0.15) is 0 Å². The molecule has 1 aromatic carbocycles. The Kier molecular flexibility index (Phi) is 11.7. The lowest BCUT2D eigenvalue weighted by molar-refractivity contribution is 0.00794. The third-order valence-corrected chi connectivity index (χ3v) is 6.55. The average molecular weight is 521 g/mol. The van der Waals surface area contributed by atoms with Crippen molar-refractivity contribution >= 4 is 12.2 Å². The van der Waals surface area contributed by atoms with Crippen molar-refractivity contribution in [2.45, 2.75) is 91.0 Å². The second-order valence-corrected chi connectivity index (χ2v) is 12.2. The molecule has 210 valence electrons. The number of hydrogen-bond donors (Lipinski definition) is 2. The largest absolute Gasteiger partial charge is 0.444 e. The Hall–Kier alpha value is -2.32. The van der Waals surface area contributed by atoms with E-state index in [-0.39, 0.29) is 30.8 Å². The molecule has 0 saturated carbocycles. The van der Waals surface area contributed by atoms with Gasteiger partial charge in [-0.25, -0.2) is 9.59 Å². The zero-order valence-corrected chi connectivity index (χ0v) is 23.6. The second kappa shape index (κ2) is 14.0. The number of piperidine rings is 2. The number of carbonyl (C=O) groups is 2. The smallest absolute Gasteiger partial charge is 0.410 e. The fourth-order valence-corrected chi connectivity index (χ4v) is 4.44. The van der Waals surface area contributed by atoms with Crippen molar-refractivity contribution in [3.63, 3.8) is 0 Å². The number of ether oxygens (including phenoxy) is 2. The number of rotatable bonds is 4. The normalized spacial score (nSPS) is 18.5. The van der Waals surface area contributed by atoms with Gasteiger partial charge in [-0.1, -0.05) is 30.3 Å². The molecule has 0 bridgehead atoms. The van der Waals surface area contributed by atoms with Gasteiger partial charge in [-0.3, -0.25) is 0 Å². The van der Waals surface area contributed by atoms with E-state index in [1.54, 1.807) is 9.80 Å². The minimum absolute atomic E-state index is 0.224. The van der Waals surface area contributed by atoms with Gasteiger partial charge in [0.1, 0.15) is 11.2 Å². The van der Waals surface area contributed by atoms with Gasteiger partial charge >= 0.3 is 12.2 Å². The van der Waals surface area contributed by atoms with Crippen molar-refractivity contribution in [3.05, 3.63) is 35.9 Å². The molecule has 1 atom stereocenters. The molecule has 2 aliphatic rings. The van der Waals surface area contributed by atoms with Crippen molar-refractivity contribution in [1.82, 2.24) is 9.80 Å². The van der Waals surface area contributed by atoms with E-state index in [0.29, 0.717) is 38.5 Å². The molecule has 0 spiro atoms. The third kappa shape index (κ3) is 11.7. The van der Waals surface area contributed by atoms with Crippen LogP contribution >= 0.6 is 0 Å². The third-order valence-electron chi connectivity index (χ3n) is 6.55. The van der Waals surface area contributed by atoms with E-state index in [2.05, 4.69) is 0 Å². The van der Waals surface area contributed by atoms with Gasteiger partial charge in [0.2, 0.25) is 0 Å². The Morgan fingerprint density at radius 3 is 1.68 bits per heavy atom. The van der Waals surface area contributed by atoms with E-state index >= 15 is 0 Å². The summed E-state index contributed by atoms with van der Waals surface area (Å²) in [4.78, 5) is 27.1. The molecule has 2 saturated heterocycles. The Morgan fingerprint density at radius 1 is 0.838 bits per heavy atom. The molecule has 1 aromatic rings. The average Bonchev–Trinajstić information content (AvgIpc) is 2.83.